The second-order valence-corrected chi connectivity index (χ2v) is 5.95. The fourth-order valence-electron chi connectivity index (χ4n) is 2.62. The summed E-state index contributed by atoms with van der Waals surface area (Å²) in [6, 6.07) is 9.81. The Balaban J connectivity index is 1.65. The van der Waals surface area contributed by atoms with E-state index in [-0.39, 0.29) is 12.0 Å². The van der Waals surface area contributed by atoms with Crippen LogP contribution in [0.2, 0.25) is 5.02 Å². The summed E-state index contributed by atoms with van der Waals surface area (Å²) in [5, 5.41) is 0.600. The van der Waals surface area contributed by atoms with E-state index in [1.807, 2.05) is 0 Å². The lowest BCUT2D eigenvalue weighted by Gasteiger charge is -2.17. The summed E-state index contributed by atoms with van der Waals surface area (Å²) in [4.78, 5) is 25.5. The van der Waals surface area contributed by atoms with Gasteiger partial charge in [0.15, 0.2) is 0 Å². The molecule has 23 heavy (non-hydrogen) atoms. The van der Waals surface area contributed by atoms with E-state index in [0.29, 0.717) is 35.2 Å². The minimum Gasteiger partial charge on any atom is -0.488 e. The highest BCUT2D eigenvalue weighted by Crippen LogP contribution is 2.20. The van der Waals surface area contributed by atoms with Crippen LogP contribution in [-0.4, -0.2) is 30.0 Å². The van der Waals surface area contributed by atoms with Gasteiger partial charge in [-0.25, -0.2) is 4.79 Å². The molecule has 1 amide bonds. The van der Waals surface area contributed by atoms with Crippen LogP contribution in [0.4, 0.5) is 0 Å². The van der Waals surface area contributed by atoms with Crippen LogP contribution in [-0.2, 0) is 0 Å². The average molecular weight is 334 g/mol. The second-order valence-electron chi connectivity index (χ2n) is 5.51. The highest BCUT2D eigenvalue weighted by molar-refractivity contribution is 6.30. The second kappa shape index (κ2) is 6.46. The van der Waals surface area contributed by atoms with Crippen molar-refractivity contribution in [3.05, 3.63) is 63.2 Å². The lowest BCUT2D eigenvalue weighted by molar-refractivity contribution is 0.0772. The molecule has 0 bridgehead atoms. The maximum atomic E-state index is 12.4. The number of amides is 1. The van der Waals surface area contributed by atoms with E-state index in [1.165, 1.54) is 6.07 Å². The number of ether oxygens (including phenoxy) is 1. The highest BCUT2D eigenvalue weighted by atomic mass is 35.5. The molecule has 3 rings (SSSR count). The van der Waals surface area contributed by atoms with E-state index in [2.05, 4.69) is 0 Å². The van der Waals surface area contributed by atoms with E-state index >= 15 is 0 Å². The molecular weight excluding hydrogens is 318 g/mol. The lowest BCUT2D eigenvalue weighted by Crippen LogP contribution is -2.31. The molecule has 1 unspecified atom stereocenters. The maximum absolute atomic E-state index is 12.4. The van der Waals surface area contributed by atoms with Crippen LogP contribution in [0.15, 0.2) is 45.6 Å². The molecule has 0 saturated carbocycles. The van der Waals surface area contributed by atoms with E-state index in [0.717, 1.165) is 6.42 Å². The number of likely N-dealkylation sites (tertiary alicyclic amines) is 1. The fraction of sp³-hybridized carbons (Fsp3) is 0.294. The Morgan fingerprint density at radius 2 is 2.04 bits per heavy atom. The molecule has 0 radical (unpaired) electrons. The standard InChI is InChI=1S/C17H16ClNO4/c1-11-8-15(9-16(20)22-11)23-14-6-7-19(10-14)17(21)12-2-4-13(18)5-3-12/h2-5,8-9,14H,6-7,10H2,1H3. The molecule has 1 aromatic heterocycles. The first-order chi connectivity index (χ1) is 11.0. The zero-order valence-corrected chi connectivity index (χ0v) is 13.4. The average Bonchev–Trinajstić information content (AvgIpc) is 2.94. The third-order valence-corrected chi connectivity index (χ3v) is 3.95. The van der Waals surface area contributed by atoms with E-state index in [9.17, 15) is 9.59 Å². The number of nitrogens with zero attached hydrogens (tertiary/aromatic N) is 1. The van der Waals surface area contributed by atoms with Gasteiger partial charge in [-0.3, -0.25) is 4.79 Å². The van der Waals surface area contributed by atoms with Gasteiger partial charge in [-0.1, -0.05) is 11.6 Å². The van der Waals surface area contributed by atoms with Crippen molar-refractivity contribution < 1.29 is 13.9 Å². The number of hydrogen-bond acceptors (Lipinski definition) is 4. The number of carbonyl (C=O) groups is 1. The summed E-state index contributed by atoms with van der Waals surface area (Å²) in [6.07, 6.45) is 0.589. The molecule has 2 aromatic rings. The number of aryl methyl sites for hydroxylation is 1. The summed E-state index contributed by atoms with van der Waals surface area (Å²) in [5.41, 5.74) is 0.165. The number of rotatable bonds is 3. The Morgan fingerprint density at radius 1 is 1.30 bits per heavy atom. The third kappa shape index (κ3) is 3.74. The highest BCUT2D eigenvalue weighted by Gasteiger charge is 2.28. The van der Waals surface area contributed by atoms with Crippen molar-refractivity contribution in [1.82, 2.24) is 4.90 Å². The molecule has 120 valence electrons. The van der Waals surface area contributed by atoms with Crippen LogP contribution in [0.25, 0.3) is 0 Å². The molecule has 1 aliphatic heterocycles. The van der Waals surface area contributed by atoms with Crippen LogP contribution >= 0.6 is 11.6 Å². The molecule has 1 fully saturated rings. The van der Waals surface area contributed by atoms with Crippen LogP contribution in [0.3, 0.4) is 0 Å². The number of halogens is 1. The summed E-state index contributed by atoms with van der Waals surface area (Å²) in [7, 11) is 0. The topological polar surface area (TPSA) is 59.8 Å². The van der Waals surface area contributed by atoms with Crippen LogP contribution in [0.5, 0.6) is 5.75 Å². The van der Waals surface area contributed by atoms with Gasteiger partial charge in [-0.15, -0.1) is 0 Å². The van der Waals surface area contributed by atoms with Crippen molar-refractivity contribution in [2.75, 3.05) is 13.1 Å². The minimum atomic E-state index is -0.438. The molecule has 2 heterocycles. The SMILES string of the molecule is Cc1cc(OC2CCN(C(=O)c3ccc(Cl)cc3)C2)cc(=O)o1. The fourth-order valence-corrected chi connectivity index (χ4v) is 2.75. The Hall–Kier alpha value is -2.27. The van der Waals surface area contributed by atoms with Gasteiger partial charge >= 0.3 is 5.63 Å². The van der Waals surface area contributed by atoms with Gasteiger partial charge in [-0.2, -0.15) is 0 Å². The first kappa shape index (κ1) is 15.6. The summed E-state index contributed by atoms with van der Waals surface area (Å²) < 4.78 is 10.7. The van der Waals surface area contributed by atoms with Gasteiger partial charge < -0.3 is 14.1 Å². The Kier molecular flexibility index (Phi) is 4.39. The molecule has 5 nitrogen and oxygen atoms in total. The van der Waals surface area contributed by atoms with Crippen molar-refractivity contribution in [3.8, 4) is 5.75 Å². The monoisotopic (exact) mass is 333 g/mol. The largest absolute Gasteiger partial charge is 0.488 e. The van der Waals surface area contributed by atoms with Gasteiger partial charge in [0, 0.05) is 29.6 Å². The molecule has 1 saturated heterocycles. The molecule has 0 aliphatic carbocycles. The zero-order valence-electron chi connectivity index (χ0n) is 12.6. The summed E-state index contributed by atoms with van der Waals surface area (Å²) in [6.45, 7) is 2.80. The van der Waals surface area contributed by atoms with E-state index in [1.54, 1.807) is 42.2 Å². The maximum Gasteiger partial charge on any atom is 0.339 e. The van der Waals surface area contributed by atoms with Crippen molar-refractivity contribution in [3.63, 3.8) is 0 Å². The van der Waals surface area contributed by atoms with Crippen LogP contribution in [0.1, 0.15) is 22.5 Å². The third-order valence-electron chi connectivity index (χ3n) is 3.69. The van der Waals surface area contributed by atoms with Gasteiger partial charge in [0.1, 0.15) is 17.6 Å². The molecular formula is C17H16ClNO4. The molecule has 1 atom stereocenters. The van der Waals surface area contributed by atoms with Gasteiger partial charge in [-0.05, 0) is 31.2 Å². The smallest absolute Gasteiger partial charge is 0.339 e. The molecule has 6 heteroatoms. The lowest BCUT2D eigenvalue weighted by atomic mass is 10.2. The molecule has 1 aromatic carbocycles. The van der Waals surface area contributed by atoms with Crippen LogP contribution in [0, 0.1) is 6.92 Å². The Morgan fingerprint density at radius 3 is 2.74 bits per heavy atom. The molecule has 0 N–H and O–H groups in total. The first-order valence-electron chi connectivity index (χ1n) is 7.34. The Labute approximate surface area is 138 Å². The summed E-state index contributed by atoms with van der Waals surface area (Å²) in [5.74, 6) is 0.931. The number of hydrogen-bond donors (Lipinski definition) is 0. The van der Waals surface area contributed by atoms with Crippen LogP contribution < -0.4 is 10.4 Å². The number of benzene rings is 1. The van der Waals surface area contributed by atoms with Crippen molar-refractivity contribution >= 4 is 17.5 Å². The zero-order chi connectivity index (χ0) is 16.4. The number of carbonyl (C=O) groups excluding carboxylic acids is 1. The van der Waals surface area contributed by atoms with Crippen molar-refractivity contribution in [2.45, 2.75) is 19.4 Å². The molecule has 1 aliphatic rings. The normalized spacial score (nSPS) is 17.3. The van der Waals surface area contributed by atoms with Gasteiger partial charge in [0.05, 0.1) is 12.6 Å². The summed E-state index contributed by atoms with van der Waals surface area (Å²) >= 11 is 5.84. The van der Waals surface area contributed by atoms with Gasteiger partial charge in [0.25, 0.3) is 5.91 Å². The van der Waals surface area contributed by atoms with E-state index in [4.69, 9.17) is 20.8 Å². The van der Waals surface area contributed by atoms with Crippen molar-refractivity contribution in [2.24, 2.45) is 0 Å². The van der Waals surface area contributed by atoms with Crippen molar-refractivity contribution in [1.29, 1.82) is 0 Å². The minimum absolute atomic E-state index is 0.0449. The predicted octanol–water partition coefficient (Wildman–Crippen LogP) is 2.90. The Bertz CT molecular complexity index is 769. The molecule has 0 spiro atoms. The first-order valence-corrected chi connectivity index (χ1v) is 7.72. The predicted molar refractivity (Wildman–Crippen MR) is 86.1 cm³/mol. The van der Waals surface area contributed by atoms with Gasteiger partial charge in [0.2, 0.25) is 0 Å². The quantitative estimate of drug-likeness (QED) is 0.866. The van der Waals surface area contributed by atoms with E-state index < -0.39 is 5.63 Å².